The van der Waals surface area contributed by atoms with Crippen molar-refractivity contribution in [3.8, 4) is 0 Å². The number of nitrogen functional groups attached to an aromatic ring is 1. The Bertz CT molecular complexity index is 640. The first-order valence-electron chi connectivity index (χ1n) is 6.82. The molecule has 0 spiro atoms. The normalized spacial score (nSPS) is 14.9. The lowest BCUT2D eigenvalue weighted by Gasteiger charge is -2.17. The summed E-state index contributed by atoms with van der Waals surface area (Å²) < 4.78 is 3.16. The second-order valence-corrected chi connectivity index (χ2v) is 5.01. The van der Waals surface area contributed by atoms with Gasteiger partial charge in [0.15, 0.2) is 0 Å². The van der Waals surface area contributed by atoms with Crippen LogP contribution in [0.1, 0.15) is 12.8 Å². The highest BCUT2D eigenvalue weighted by molar-refractivity contribution is 5.43. The van der Waals surface area contributed by atoms with Gasteiger partial charge in [-0.15, -0.1) is 0 Å². The summed E-state index contributed by atoms with van der Waals surface area (Å²) in [6, 6.07) is 1.66. The van der Waals surface area contributed by atoms with E-state index in [0.717, 1.165) is 18.8 Å². The van der Waals surface area contributed by atoms with Gasteiger partial charge in [0.2, 0.25) is 0 Å². The molecule has 0 unspecified atom stereocenters. The molecule has 2 aromatic rings. The molecule has 0 amide bonds. The zero-order valence-corrected chi connectivity index (χ0v) is 11.3. The molecule has 3 heterocycles. The molecular weight excluding hydrogens is 256 g/mol. The van der Waals surface area contributed by atoms with Crippen molar-refractivity contribution in [1.82, 2.24) is 19.6 Å². The number of aryl methyl sites for hydroxylation is 2. The smallest absolute Gasteiger partial charge is 0.268 e. The zero-order valence-electron chi connectivity index (χ0n) is 11.3. The minimum atomic E-state index is -0.0745. The maximum Gasteiger partial charge on any atom is 0.268 e. The largest absolute Gasteiger partial charge is 0.396 e. The van der Waals surface area contributed by atoms with Crippen molar-refractivity contribution in [1.29, 1.82) is 0 Å². The molecule has 20 heavy (non-hydrogen) atoms. The third kappa shape index (κ3) is 2.66. The van der Waals surface area contributed by atoms with Gasteiger partial charge >= 0.3 is 0 Å². The Labute approximate surface area is 116 Å². The maximum absolute atomic E-state index is 12.0. The van der Waals surface area contributed by atoms with Crippen molar-refractivity contribution >= 4 is 11.4 Å². The van der Waals surface area contributed by atoms with Crippen LogP contribution in [0.2, 0.25) is 0 Å². The van der Waals surface area contributed by atoms with Crippen LogP contribution < -0.4 is 16.2 Å². The van der Waals surface area contributed by atoms with Crippen LogP contribution in [-0.2, 0) is 13.1 Å². The fraction of sp³-hybridized carbons (Fsp3) is 0.462. The molecule has 0 aliphatic carbocycles. The van der Waals surface area contributed by atoms with Crippen molar-refractivity contribution in [3.63, 3.8) is 0 Å². The summed E-state index contributed by atoms with van der Waals surface area (Å²) >= 11 is 0. The Morgan fingerprint density at radius 3 is 2.60 bits per heavy atom. The molecule has 0 radical (unpaired) electrons. The van der Waals surface area contributed by atoms with E-state index in [1.165, 1.54) is 17.5 Å². The number of anilines is 2. The number of rotatable bonds is 4. The second-order valence-electron chi connectivity index (χ2n) is 5.01. The van der Waals surface area contributed by atoms with Gasteiger partial charge < -0.3 is 10.6 Å². The van der Waals surface area contributed by atoms with E-state index < -0.39 is 0 Å². The minimum Gasteiger partial charge on any atom is -0.396 e. The van der Waals surface area contributed by atoms with Gasteiger partial charge in [0.25, 0.3) is 5.56 Å². The number of hydrogen-bond acceptors (Lipinski definition) is 5. The van der Waals surface area contributed by atoms with Crippen LogP contribution in [-0.4, -0.2) is 32.7 Å². The van der Waals surface area contributed by atoms with E-state index in [1.807, 2.05) is 0 Å². The first-order valence-corrected chi connectivity index (χ1v) is 6.82. The average molecular weight is 274 g/mol. The van der Waals surface area contributed by atoms with E-state index in [9.17, 15) is 4.79 Å². The van der Waals surface area contributed by atoms with Gasteiger partial charge in [0.05, 0.1) is 36.9 Å². The van der Waals surface area contributed by atoms with Crippen LogP contribution in [0.25, 0.3) is 0 Å². The van der Waals surface area contributed by atoms with Crippen molar-refractivity contribution in [2.24, 2.45) is 0 Å². The average Bonchev–Trinajstić information content (AvgIpc) is 3.08. The van der Waals surface area contributed by atoms with Crippen LogP contribution in [0.5, 0.6) is 0 Å². The highest BCUT2D eigenvalue weighted by Gasteiger charge is 2.13. The lowest BCUT2D eigenvalue weighted by atomic mass is 10.4. The third-order valence-corrected chi connectivity index (χ3v) is 3.52. The quantitative estimate of drug-likeness (QED) is 0.868. The van der Waals surface area contributed by atoms with Gasteiger partial charge in [-0.25, -0.2) is 4.68 Å². The Morgan fingerprint density at radius 1 is 1.15 bits per heavy atom. The Hall–Kier alpha value is -2.31. The lowest BCUT2D eigenvalue weighted by Crippen LogP contribution is -2.27. The third-order valence-electron chi connectivity index (χ3n) is 3.52. The number of nitrogens with zero attached hydrogens (tertiary/aromatic N) is 5. The molecule has 7 heteroatoms. The maximum atomic E-state index is 12.0. The Kier molecular flexibility index (Phi) is 3.41. The van der Waals surface area contributed by atoms with E-state index in [4.69, 9.17) is 5.73 Å². The van der Waals surface area contributed by atoms with Crippen molar-refractivity contribution in [2.45, 2.75) is 25.9 Å². The van der Waals surface area contributed by atoms with E-state index in [-0.39, 0.29) is 5.56 Å². The molecule has 0 bridgehead atoms. The van der Waals surface area contributed by atoms with Crippen LogP contribution in [0.15, 0.2) is 29.5 Å². The summed E-state index contributed by atoms with van der Waals surface area (Å²) in [5.41, 5.74) is 7.06. The zero-order chi connectivity index (χ0) is 13.9. The monoisotopic (exact) mass is 274 g/mol. The van der Waals surface area contributed by atoms with E-state index in [2.05, 4.69) is 15.1 Å². The molecule has 1 aliphatic heterocycles. The summed E-state index contributed by atoms with van der Waals surface area (Å²) in [6.07, 6.45) is 7.47. The van der Waals surface area contributed by atoms with Gasteiger partial charge in [-0.3, -0.25) is 9.48 Å². The Morgan fingerprint density at radius 2 is 1.95 bits per heavy atom. The summed E-state index contributed by atoms with van der Waals surface area (Å²) in [4.78, 5) is 14.2. The predicted octanol–water partition coefficient (Wildman–Crippen LogP) is 0.322. The van der Waals surface area contributed by atoms with Crippen molar-refractivity contribution < 1.29 is 0 Å². The van der Waals surface area contributed by atoms with Gasteiger partial charge in [0, 0.05) is 25.4 Å². The predicted molar refractivity (Wildman–Crippen MR) is 76.6 cm³/mol. The number of nitrogens with two attached hydrogens (primary N) is 1. The van der Waals surface area contributed by atoms with Crippen LogP contribution in [0.4, 0.5) is 11.4 Å². The summed E-state index contributed by atoms with van der Waals surface area (Å²) in [6.45, 7) is 3.09. The molecule has 1 saturated heterocycles. The molecule has 3 rings (SSSR count). The number of hydrogen-bond donors (Lipinski definition) is 1. The fourth-order valence-corrected chi connectivity index (χ4v) is 2.44. The molecule has 7 nitrogen and oxygen atoms in total. The molecule has 1 aliphatic rings. The van der Waals surface area contributed by atoms with Crippen LogP contribution in [0.3, 0.4) is 0 Å². The Balaban J connectivity index is 1.69. The van der Waals surface area contributed by atoms with E-state index in [1.54, 1.807) is 29.3 Å². The van der Waals surface area contributed by atoms with Crippen molar-refractivity contribution in [2.75, 3.05) is 23.7 Å². The van der Waals surface area contributed by atoms with Crippen LogP contribution in [0, 0.1) is 0 Å². The molecule has 0 atom stereocenters. The summed E-state index contributed by atoms with van der Waals surface area (Å²) in [5.74, 6) is 0. The van der Waals surface area contributed by atoms with E-state index in [0.29, 0.717) is 18.8 Å². The standard InChI is InChI=1S/C13H18N6O/c14-11-8-15-18(10-11)5-6-19-13(20)7-12(9-16-19)17-3-1-2-4-17/h7-10H,1-6,14H2. The molecular formula is C13H18N6O. The van der Waals surface area contributed by atoms with Crippen LogP contribution >= 0.6 is 0 Å². The minimum absolute atomic E-state index is 0.0745. The van der Waals surface area contributed by atoms with Gasteiger partial charge in [0.1, 0.15) is 0 Å². The SMILES string of the molecule is Nc1cnn(CCn2ncc(N3CCCC3)cc2=O)c1. The fourth-order valence-electron chi connectivity index (χ4n) is 2.44. The molecule has 2 N–H and O–H groups in total. The molecule has 1 fully saturated rings. The van der Waals surface area contributed by atoms with E-state index >= 15 is 0 Å². The van der Waals surface area contributed by atoms with Gasteiger partial charge in [-0.2, -0.15) is 10.2 Å². The molecule has 106 valence electrons. The van der Waals surface area contributed by atoms with Gasteiger partial charge in [-0.1, -0.05) is 0 Å². The van der Waals surface area contributed by atoms with Crippen molar-refractivity contribution in [3.05, 3.63) is 35.0 Å². The molecule has 0 aromatic carbocycles. The first-order chi connectivity index (χ1) is 9.72. The summed E-state index contributed by atoms with van der Waals surface area (Å²) in [5, 5.41) is 8.32. The highest BCUT2D eigenvalue weighted by atomic mass is 16.1. The molecule has 0 saturated carbocycles. The summed E-state index contributed by atoms with van der Waals surface area (Å²) in [7, 11) is 0. The highest BCUT2D eigenvalue weighted by Crippen LogP contribution is 2.16. The molecule has 2 aromatic heterocycles. The number of aromatic nitrogens is 4. The topological polar surface area (TPSA) is 82.0 Å². The second kappa shape index (κ2) is 5.36. The first kappa shape index (κ1) is 12.7. The van der Waals surface area contributed by atoms with Gasteiger partial charge in [-0.05, 0) is 12.8 Å². The lowest BCUT2D eigenvalue weighted by molar-refractivity contribution is 0.482.